The van der Waals surface area contributed by atoms with E-state index in [0.29, 0.717) is 43.1 Å². The third-order valence-corrected chi connectivity index (χ3v) is 4.55. The fourth-order valence-electron chi connectivity index (χ4n) is 3.17. The highest BCUT2D eigenvalue weighted by Crippen LogP contribution is 2.34. The molecule has 4 rings (SSSR count). The minimum absolute atomic E-state index is 0.264. The standard InChI is InChI=1S/C19H19NO5/c21-18(20-12-14-11-13-3-1-2-4-16(13)25-14)15-5-8-24-17(15)19(22)6-9-23-10-7-19/h1-5,8,11,22H,6-7,9-10,12H2,(H,20,21). The van der Waals surface area contributed by atoms with E-state index >= 15 is 0 Å². The number of carbonyl (C=O) groups is 1. The Morgan fingerprint density at radius 3 is 2.80 bits per heavy atom. The summed E-state index contributed by atoms with van der Waals surface area (Å²) in [6, 6.07) is 11.2. The van der Waals surface area contributed by atoms with Crippen LogP contribution in [0, 0.1) is 0 Å². The van der Waals surface area contributed by atoms with E-state index in [-0.39, 0.29) is 12.5 Å². The van der Waals surface area contributed by atoms with Gasteiger partial charge in [-0.15, -0.1) is 0 Å². The molecular weight excluding hydrogens is 322 g/mol. The molecule has 0 radical (unpaired) electrons. The number of amides is 1. The van der Waals surface area contributed by atoms with Crippen LogP contribution in [0.25, 0.3) is 11.0 Å². The van der Waals surface area contributed by atoms with E-state index in [1.165, 1.54) is 6.26 Å². The first-order chi connectivity index (χ1) is 12.2. The van der Waals surface area contributed by atoms with E-state index in [1.807, 2.05) is 30.3 Å². The quantitative estimate of drug-likeness (QED) is 0.762. The molecule has 3 heterocycles. The van der Waals surface area contributed by atoms with E-state index in [0.717, 1.165) is 11.0 Å². The molecule has 3 aromatic rings. The topological polar surface area (TPSA) is 84.8 Å². The lowest BCUT2D eigenvalue weighted by atomic mass is 9.89. The van der Waals surface area contributed by atoms with Crippen LogP contribution < -0.4 is 5.32 Å². The fraction of sp³-hybridized carbons (Fsp3) is 0.316. The van der Waals surface area contributed by atoms with Crippen molar-refractivity contribution in [3.05, 3.63) is 59.7 Å². The van der Waals surface area contributed by atoms with Gasteiger partial charge in [-0.3, -0.25) is 4.79 Å². The van der Waals surface area contributed by atoms with Gasteiger partial charge in [-0.2, -0.15) is 0 Å². The maximum absolute atomic E-state index is 12.5. The lowest BCUT2D eigenvalue weighted by Crippen LogP contribution is -2.35. The first kappa shape index (κ1) is 15.9. The van der Waals surface area contributed by atoms with Gasteiger partial charge < -0.3 is 24.0 Å². The van der Waals surface area contributed by atoms with Crippen molar-refractivity contribution >= 4 is 16.9 Å². The molecule has 0 unspecified atom stereocenters. The van der Waals surface area contributed by atoms with E-state index in [1.54, 1.807) is 6.07 Å². The van der Waals surface area contributed by atoms with Crippen molar-refractivity contribution in [2.75, 3.05) is 13.2 Å². The van der Waals surface area contributed by atoms with Gasteiger partial charge in [0.15, 0.2) is 0 Å². The molecule has 2 N–H and O–H groups in total. The fourth-order valence-corrected chi connectivity index (χ4v) is 3.17. The highest BCUT2D eigenvalue weighted by molar-refractivity contribution is 5.95. The summed E-state index contributed by atoms with van der Waals surface area (Å²) in [5.41, 5.74) is -0.0267. The second-order valence-corrected chi connectivity index (χ2v) is 6.24. The van der Waals surface area contributed by atoms with Gasteiger partial charge in [0, 0.05) is 31.4 Å². The van der Waals surface area contributed by atoms with Crippen LogP contribution in [0.2, 0.25) is 0 Å². The van der Waals surface area contributed by atoms with Crippen molar-refractivity contribution < 1.29 is 23.5 Å². The number of fused-ring (bicyclic) bond motifs is 1. The first-order valence-corrected chi connectivity index (χ1v) is 8.29. The Morgan fingerprint density at radius 2 is 2.00 bits per heavy atom. The van der Waals surface area contributed by atoms with Crippen molar-refractivity contribution in [1.82, 2.24) is 5.32 Å². The molecule has 2 aromatic heterocycles. The van der Waals surface area contributed by atoms with Crippen LogP contribution in [0.4, 0.5) is 0 Å². The zero-order chi connectivity index (χ0) is 17.3. The molecular formula is C19H19NO5. The highest BCUT2D eigenvalue weighted by atomic mass is 16.5. The third kappa shape index (κ3) is 3.06. The highest BCUT2D eigenvalue weighted by Gasteiger charge is 2.38. The van der Waals surface area contributed by atoms with Crippen molar-refractivity contribution in [2.24, 2.45) is 0 Å². The van der Waals surface area contributed by atoms with Gasteiger partial charge in [0.05, 0.1) is 18.4 Å². The maximum atomic E-state index is 12.5. The number of nitrogens with one attached hydrogen (secondary N) is 1. The van der Waals surface area contributed by atoms with E-state index in [4.69, 9.17) is 13.6 Å². The van der Waals surface area contributed by atoms with Crippen LogP contribution in [0.5, 0.6) is 0 Å². The average molecular weight is 341 g/mol. The van der Waals surface area contributed by atoms with Crippen LogP contribution in [-0.2, 0) is 16.9 Å². The summed E-state index contributed by atoms with van der Waals surface area (Å²) in [5, 5.41) is 14.6. The Labute approximate surface area is 144 Å². The molecule has 1 fully saturated rings. The predicted octanol–water partition coefficient (Wildman–Crippen LogP) is 2.95. The molecule has 0 atom stereocenters. The predicted molar refractivity (Wildman–Crippen MR) is 90.0 cm³/mol. The molecule has 0 bridgehead atoms. The minimum atomic E-state index is -1.16. The molecule has 130 valence electrons. The minimum Gasteiger partial charge on any atom is -0.465 e. The number of hydrogen-bond acceptors (Lipinski definition) is 5. The number of ether oxygens (including phenoxy) is 1. The number of para-hydroxylation sites is 1. The summed E-state index contributed by atoms with van der Waals surface area (Å²) >= 11 is 0. The maximum Gasteiger partial charge on any atom is 0.255 e. The summed E-state index contributed by atoms with van der Waals surface area (Å²) in [4.78, 5) is 12.5. The normalized spacial score (nSPS) is 16.8. The lowest BCUT2D eigenvalue weighted by molar-refractivity contribution is -0.0804. The Morgan fingerprint density at radius 1 is 1.20 bits per heavy atom. The zero-order valence-corrected chi connectivity index (χ0v) is 13.7. The van der Waals surface area contributed by atoms with Gasteiger partial charge >= 0.3 is 0 Å². The third-order valence-electron chi connectivity index (χ3n) is 4.55. The number of furan rings is 2. The van der Waals surface area contributed by atoms with Gasteiger partial charge in [0.1, 0.15) is 22.7 Å². The number of benzene rings is 1. The van der Waals surface area contributed by atoms with E-state index in [2.05, 4.69) is 5.32 Å². The van der Waals surface area contributed by atoms with Crippen LogP contribution >= 0.6 is 0 Å². The van der Waals surface area contributed by atoms with Crippen LogP contribution in [0.3, 0.4) is 0 Å². The molecule has 6 nitrogen and oxygen atoms in total. The Bertz CT molecular complexity index is 855. The SMILES string of the molecule is O=C(NCc1cc2ccccc2o1)c1ccoc1C1(O)CCOCC1. The molecule has 0 aliphatic carbocycles. The van der Waals surface area contributed by atoms with Gasteiger partial charge in [0.25, 0.3) is 5.91 Å². The second kappa shape index (κ2) is 6.38. The van der Waals surface area contributed by atoms with Gasteiger partial charge in [-0.25, -0.2) is 0 Å². The molecule has 1 aliphatic rings. The molecule has 0 spiro atoms. The van der Waals surface area contributed by atoms with Crippen LogP contribution in [0.1, 0.15) is 34.7 Å². The van der Waals surface area contributed by atoms with Gasteiger partial charge in [-0.05, 0) is 18.2 Å². The number of rotatable bonds is 4. The van der Waals surface area contributed by atoms with Crippen LogP contribution in [-0.4, -0.2) is 24.2 Å². The van der Waals surface area contributed by atoms with Gasteiger partial charge in [0.2, 0.25) is 0 Å². The van der Waals surface area contributed by atoms with Crippen molar-refractivity contribution in [3.8, 4) is 0 Å². The summed E-state index contributed by atoms with van der Waals surface area (Å²) < 4.78 is 16.4. The molecule has 1 amide bonds. The van der Waals surface area contributed by atoms with Crippen LogP contribution in [0.15, 0.2) is 51.5 Å². The number of aliphatic hydroxyl groups is 1. The van der Waals surface area contributed by atoms with E-state index < -0.39 is 5.60 Å². The molecule has 25 heavy (non-hydrogen) atoms. The molecule has 1 aromatic carbocycles. The molecule has 1 saturated heterocycles. The first-order valence-electron chi connectivity index (χ1n) is 8.29. The largest absolute Gasteiger partial charge is 0.465 e. The molecule has 1 aliphatic heterocycles. The summed E-state index contributed by atoms with van der Waals surface area (Å²) in [7, 11) is 0. The lowest BCUT2D eigenvalue weighted by Gasteiger charge is -2.30. The second-order valence-electron chi connectivity index (χ2n) is 6.24. The van der Waals surface area contributed by atoms with Crippen molar-refractivity contribution in [2.45, 2.75) is 25.0 Å². The zero-order valence-electron chi connectivity index (χ0n) is 13.7. The van der Waals surface area contributed by atoms with E-state index in [9.17, 15) is 9.90 Å². The monoisotopic (exact) mass is 341 g/mol. The van der Waals surface area contributed by atoms with Crippen molar-refractivity contribution in [1.29, 1.82) is 0 Å². The summed E-state index contributed by atoms with van der Waals surface area (Å²) in [6.45, 7) is 1.15. The number of carbonyl (C=O) groups excluding carboxylic acids is 1. The molecule has 6 heteroatoms. The Balaban J connectivity index is 1.49. The average Bonchev–Trinajstić information content (AvgIpc) is 3.27. The Hall–Kier alpha value is -2.57. The number of hydrogen-bond donors (Lipinski definition) is 2. The molecule has 0 saturated carbocycles. The van der Waals surface area contributed by atoms with Crippen molar-refractivity contribution in [3.63, 3.8) is 0 Å². The smallest absolute Gasteiger partial charge is 0.255 e. The summed E-state index contributed by atoms with van der Waals surface area (Å²) in [5.74, 6) is 0.673. The summed E-state index contributed by atoms with van der Waals surface area (Å²) in [6.07, 6.45) is 2.24. The Kier molecular flexibility index (Phi) is 4.07. The van der Waals surface area contributed by atoms with Gasteiger partial charge in [-0.1, -0.05) is 18.2 Å².